The molecule has 0 aromatic heterocycles. The Morgan fingerprint density at radius 3 is 2.72 bits per heavy atom. The average molecular weight is 247 g/mol. The first-order valence-corrected chi connectivity index (χ1v) is 6.36. The van der Waals surface area contributed by atoms with E-state index in [-0.39, 0.29) is 5.84 Å². The van der Waals surface area contributed by atoms with Crippen molar-refractivity contribution in [1.82, 2.24) is 0 Å². The van der Waals surface area contributed by atoms with Crippen molar-refractivity contribution in [2.45, 2.75) is 32.7 Å². The number of anilines is 1. The molecule has 1 fully saturated rings. The van der Waals surface area contributed by atoms with Gasteiger partial charge in [0, 0.05) is 24.3 Å². The number of nitrogens with zero attached hydrogens (tertiary/aromatic N) is 2. The second-order valence-corrected chi connectivity index (χ2v) is 5.19. The molecule has 4 nitrogen and oxygen atoms in total. The Balaban J connectivity index is 2.37. The third kappa shape index (κ3) is 2.42. The van der Waals surface area contributed by atoms with Crippen LogP contribution in [0.1, 0.15) is 30.9 Å². The average Bonchev–Trinajstić information content (AvgIpc) is 3.20. The van der Waals surface area contributed by atoms with Crippen molar-refractivity contribution in [3.8, 4) is 0 Å². The Morgan fingerprint density at radius 1 is 1.50 bits per heavy atom. The molecule has 1 aromatic carbocycles. The van der Waals surface area contributed by atoms with E-state index in [4.69, 9.17) is 10.9 Å². The fourth-order valence-corrected chi connectivity index (χ4v) is 2.32. The Morgan fingerprint density at radius 2 is 2.17 bits per heavy atom. The standard InChI is InChI=1S/C14H21N3O/c1-9-4-7-12(14(15)16-18)13(8-9)17(3)10(2)11-5-6-11/h4,7-8,10-11,18H,5-6H2,1-3H3,(H2,15,16). The lowest BCUT2D eigenvalue weighted by Crippen LogP contribution is -2.32. The van der Waals surface area contributed by atoms with Crippen LogP contribution in [0, 0.1) is 12.8 Å². The Bertz CT molecular complexity index is 466. The number of amidine groups is 1. The lowest BCUT2D eigenvalue weighted by Gasteiger charge is -2.29. The van der Waals surface area contributed by atoms with Crippen LogP contribution in [0.25, 0.3) is 0 Å². The summed E-state index contributed by atoms with van der Waals surface area (Å²) in [5.74, 6) is 0.940. The van der Waals surface area contributed by atoms with Gasteiger partial charge in [-0.1, -0.05) is 11.2 Å². The second kappa shape index (κ2) is 4.88. The lowest BCUT2D eigenvalue weighted by atomic mass is 10.1. The Labute approximate surface area is 108 Å². The third-order valence-electron chi connectivity index (χ3n) is 3.83. The van der Waals surface area contributed by atoms with E-state index in [2.05, 4.69) is 37.0 Å². The number of benzene rings is 1. The van der Waals surface area contributed by atoms with Gasteiger partial charge in [-0.05, 0) is 50.3 Å². The maximum atomic E-state index is 8.87. The normalized spacial score (nSPS) is 17.6. The van der Waals surface area contributed by atoms with Gasteiger partial charge in [0.25, 0.3) is 0 Å². The van der Waals surface area contributed by atoms with E-state index < -0.39 is 0 Å². The minimum absolute atomic E-state index is 0.167. The van der Waals surface area contributed by atoms with Gasteiger partial charge in [0.05, 0.1) is 0 Å². The predicted octanol–water partition coefficient (Wildman–Crippen LogP) is 2.32. The molecule has 0 radical (unpaired) electrons. The minimum atomic E-state index is 0.167. The molecule has 4 heteroatoms. The van der Waals surface area contributed by atoms with Gasteiger partial charge < -0.3 is 15.8 Å². The van der Waals surface area contributed by atoms with Crippen LogP contribution in [-0.4, -0.2) is 24.1 Å². The molecule has 98 valence electrons. The van der Waals surface area contributed by atoms with Crippen molar-refractivity contribution in [1.29, 1.82) is 0 Å². The fourth-order valence-electron chi connectivity index (χ4n) is 2.32. The number of oxime groups is 1. The number of rotatable bonds is 4. The molecule has 1 unspecified atom stereocenters. The smallest absolute Gasteiger partial charge is 0.172 e. The quantitative estimate of drug-likeness (QED) is 0.371. The van der Waals surface area contributed by atoms with Crippen molar-refractivity contribution >= 4 is 11.5 Å². The fraction of sp³-hybridized carbons (Fsp3) is 0.500. The zero-order valence-corrected chi connectivity index (χ0v) is 11.2. The Hall–Kier alpha value is -1.71. The SMILES string of the molecule is Cc1ccc(C(N)=NO)c(N(C)C(C)C2CC2)c1. The molecule has 0 saturated heterocycles. The lowest BCUT2D eigenvalue weighted by molar-refractivity contribution is 0.318. The van der Waals surface area contributed by atoms with Gasteiger partial charge in [0.1, 0.15) is 0 Å². The molecule has 0 heterocycles. The van der Waals surface area contributed by atoms with Gasteiger partial charge in [0.2, 0.25) is 0 Å². The Kier molecular flexibility index (Phi) is 3.45. The van der Waals surface area contributed by atoms with Gasteiger partial charge in [0.15, 0.2) is 5.84 Å². The molecule has 18 heavy (non-hydrogen) atoms. The zero-order chi connectivity index (χ0) is 13.3. The maximum Gasteiger partial charge on any atom is 0.172 e. The van der Waals surface area contributed by atoms with Crippen LogP contribution in [0.5, 0.6) is 0 Å². The van der Waals surface area contributed by atoms with E-state index in [0.717, 1.165) is 17.2 Å². The van der Waals surface area contributed by atoms with Crippen LogP contribution in [0.4, 0.5) is 5.69 Å². The zero-order valence-electron chi connectivity index (χ0n) is 11.2. The van der Waals surface area contributed by atoms with E-state index in [0.29, 0.717) is 6.04 Å². The van der Waals surface area contributed by atoms with Crippen LogP contribution in [0.2, 0.25) is 0 Å². The number of aryl methyl sites for hydroxylation is 1. The highest BCUT2D eigenvalue weighted by Gasteiger charge is 2.31. The topological polar surface area (TPSA) is 61.9 Å². The molecule has 1 aliphatic rings. The van der Waals surface area contributed by atoms with Gasteiger partial charge in [-0.25, -0.2) is 0 Å². The summed E-state index contributed by atoms with van der Waals surface area (Å²) in [7, 11) is 2.08. The maximum absolute atomic E-state index is 8.87. The van der Waals surface area contributed by atoms with Gasteiger partial charge in [-0.3, -0.25) is 0 Å². The predicted molar refractivity (Wildman–Crippen MR) is 74.3 cm³/mol. The summed E-state index contributed by atoms with van der Waals surface area (Å²) in [6, 6.07) is 6.46. The summed E-state index contributed by atoms with van der Waals surface area (Å²) in [5, 5.41) is 12.0. The van der Waals surface area contributed by atoms with Crippen molar-refractivity contribution < 1.29 is 5.21 Å². The molecule has 3 N–H and O–H groups in total. The summed E-state index contributed by atoms with van der Waals surface area (Å²) >= 11 is 0. The second-order valence-electron chi connectivity index (χ2n) is 5.19. The molecule has 0 aliphatic heterocycles. The van der Waals surface area contributed by atoms with E-state index in [9.17, 15) is 0 Å². The largest absolute Gasteiger partial charge is 0.409 e. The highest BCUT2D eigenvalue weighted by atomic mass is 16.4. The molecule has 0 amide bonds. The van der Waals surface area contributed by atoms with Crippen LogP contribution >= 0.6 is 0 Å². The molecule has 1 saturated carbocycles. The van der Waals surface area contributed by atoms with Crippen LogP contribution in [-0.2, 0) is 0 Å². The number of hydrogen-bond acceptors (Lipinski definition) is 3. The van der Waals surface area contributed by atoms with Crippen molar-refractivity contribution in [3.63, 3.8) is 0 Å². The molecule has 2 rings (SSSR count). The summed E-state index contributed by atoms with van der Waals surface area (Å²) in [6.07, 6.45) is 2.60. The molecular weight excluding hydrogens is 226 g/mol. The molecular formula is C14H21N3O. The minimum Gasteiger partial charge on any atom is -0.409 e. The van der Waals surface area contributed by atoms with Crippen molar-refractivity contribution in [3.05, 3.63) is 29.3 Å². The van der Waals surface area contributed by atoms with Crippen LogP contribution in [0.15, 0.2) is 23.4 Å². The van der Waals surface area contributed by atoms with E-state index in [1.165, 1.54) is 18.4 Å². The number of hydrogen-bond donors (Lipinski definition) is 2. The first kappa shape index (κ1) is 12.7. The molecule has 1 atom stereocenters. The van der Waals surface area contributed by atoms with E-state index in [1.807, 2.05) is 12.1 Å². The molecule has 0 spiro atoms. The highest BCUT2D eigenvalue weighted by Crippen LogP contribution is 2.37. The van der Waals surface area contributed by atoms with Crippen molar-refractivity contribution in [2.75, 3.05) is 11.9 Å². The molecule has 1 aliphatic carbocycles. The summed E-state index contributed by atoms with van der Waals surface area (Å²) in [4.78, 5) is 2.23. The first-order chi connectivity index (χ1) is 8.54. The summed E-state index contributed by atoms with van der Waals surface area (Å²) in [5.41, 5.74) is 8.75. The van der Waals surface area contributed by atoms with Crippen molar-refractivity contribution in [2.24, 2.45) is 16.8 Å². The highest BCUT2D eigenvalue weighted by molar-refractivity contribution is 6.02. The van der Waals surface area contributed by atoms with E-state index >= 15 is 0 Å². The molecule has 1 aromatic rings. The first-order valence-electron chi connectivity index (χ1n) is 6.36. The van der Waals surface area contributed by atoms with Gasteiger partial charge in [-0.15, -0.1) is 0 Å². The van der Waals surface area contributed by atoms with Crippen LogP contribution in [0.3, 0.4) is 0 Å². The van der Waals surface area contributed by atoms with Gasteiger partial charge >= 0.3 is 0 Å². The van der Waals surface area contributed by atoms with E-state index in [1.54, 1.807) is 0 Å². The van der Waals surface area contributed by atoms with Crippen LogP contribution < -0.4 is 10.6 Å². The number of nitrogens with two attached hydrogens (primary N) is 1. The molecule has 0 bridgehead atoms. The summed E-state index contributed by atoms with van der Waals surface area (Å²) < 4.78 is 0. The summed E-state index contributed by atoms with van der Waals surface area (Å²) in [6.45, 7) is 4.28. The monoisotopic (exact) mass is 247 g/mol. The third-order valence-corrected chi connectivity index (χ3v) is 3.83. The van der Waals surface area contributed by atoms with Gasteiger partial charge in [-0.2, -0.15) is 0 Å².